The number of carbonyl (C=O) groups excluding carboxylic acids is 2. The number of carbonyl (C=O) groups is 2. The number of aliphatic hydroxyl groups excluding tert-OH is 1. The van der Waals surface area contributed by atoms with Crippen LogP contribution in [0.4, 0.5) is 0 Å². The fourth-order valence-corrected chi connectivity index (χ4v) is 3.95. The van der Waals surface area contributed by atoms with Gasteiger partial charge < -0.3 is 24.2 Å². The van der Waals surface area contributed by atoms with Gasteiger partial charge >= 0.3 is 0 Å². The molecule has 1 heterocycles. The molecule has 0 bridgehead atoms. The summed E-state index contributed by atoms with van der Waals surface area (Å²) in [5.74, 6) is -0.448. The van der Waals surface area contributed by atoms with Crippen molar-refractivity contribution in [3.05, 3.63) is 59.2 Å². The number of benzene rings is 2. The third kappa shape index (κ3) is 4.28. The Balaban J connectivity index is 2.25. The Hall–Kier alpha value is -3.48. The molecule has 7 nitrogen and oxygen atoms in total. The van der Waals surface area contributed by atoms with E-state index in [1.807, 2.05) is 39.0 Å². The molecule has 1 amide bonds. The molecule has 7 heteroatoms. The maximum absolute atomic E-state index is 13.1. The molecule has 1 aliphatic heterocycles. The van der Waals surface area contributed by atoms with Crippen LogP contribution in [0.3, 0.4) is 0 Å². The van der Waals surface area contributed by atoms with E-state index in [0.717, 1.165) is 0 Å². The lowest BCUT2D eigenvalue weighted by Crippen LogP contribution is -2.30. The molecule has 1 saturated heterocycles. The largest absolute Gasteiger partial charge is 0.506 e. The third-order valence-corrected chi connectivity index (χ3v) is 5.21. The van der Waals surface area contributed by atoms with Crippen LogP contribution < -0.4 is 14.2 Å². The van der Waals surface area contributed by atoms with E-state index in [2.05, 4.69) is 0 Å². The van der Waals surface area contributed by atoms with Crippen molar-refractivity contribution in [1.29, 1.82) is 0 Å². The molecule has 0 aromatic heterocycles. The smallest absolute Gasteiger partial charge is 0.295 e. The van der Waals surface area contributed by atoms with Crippen molar-refractivity contribution in [3.63, 3.8) is 0 Å². The van der Waals surface area contributed by atoms with Gasteiger partial charge in [-0.25, -0.2) is 0 Å². The Labute approximate surface area is 188 Å². The van der Waals surface area contributed by atoms with E-state index >= 15 is 0 Å². The standard InChI is InChI=1S/C25H29NO6/c1-6-13-26-22(16-9-7-10-17(14-16)32-15(2)3)21(24(28)25(26)29)23(27)20-18(30-4)11-8-12-19(20)31-5/h7-12,14-15,22,27H,6,13H2,1-5H3/b23-21+. The van der Waals surface area contributed by atoms with Crippen LogP contribution in [-0.4, -0.2) is 48.6 Å². The molecular formula is C25H29NO6. The van der Waals surface area contributed by atoms with Gasteiger partial charge in [0.1, 0.15) is 28.6 Å². The van der Waals surface area contributed by atoms with E-state index in [0.29, 0.717) is 35.8 Å². The average Bonchev–Trinajstić information content (AvgIpc) is 3.03. The molecule has 0 spiro atoms. The summed E-state index contributed by atoms with van der Waals surface area (Å²) in [6.45, 7) is 6.13. The van der Waals surface area contributed by atoms with Crippen LogP contribution in [-0.2, 0) is 9.59 Å². The first-order valence-corrected chi connectivity index (χ1v) is 10.6. The van der Waals surface area contributed by atoms with E-state index in [1.54, 1.807) is 24.3 Å². The van der Waals surface area contributed by atoms with Crippen molar-refractivity contribution in [2.75, 3.05) is 20.8 Å². The second kappa shape index (κ2) is 9.77. The Morgan fingerprint density at radius 1 is 1.06 bits per heavy atom. The Bertz CT molecular complexity index is 1020. The lowest BCUT2D eigenvalue weighted by atomic mass is 9.94. The van der Waals surface area contributed by atoms with Gasteiger partial charge in [-0.05, 0) is 50.1 Å². The number of hydrogen-bond donors (Lipinski definition) is 1. The van der Waals surface area contributed by atoms with Gasteiger partial charge in [-0.1, -0.05) is 25.1 Å². The molecule has 170 valence electrons. The summed E-state index contributed by atoms with van der Waals surface area (Å²) in [6, 6.07) is 11.5. The first-order chi connectivity index (χ1) is 15.3. The van der Waals surface area contributed by atoms with Crippen molar-refractivity contribution in [2.45, 2.75) is 39.3 Å². The molecule has 1 N–H and O–H groups in total. The number of nitrogens with zero attached hydrogens (tertiary/aromatic N) is 1. The van der Waals surface area contributed by atoms with E-state index in [-0.39, 0.29) is 23.0 Å². The van der Waals surface area contributed by atoms with Crippen LogP contribution >= 0.6 is 0 Å². The highest BCUT2D eigenvalue weighted by Gasteiger charge is 2.46. The SMILES string of the molecule is CCCN1C(=O)C(=O)/C(=C(/O)c2c(OC)cccc2OC)C1c1cccc(OC(C)C)c1. The molecule has 0 radical (unpaired) electrons. The second-order valence-electron chi connectivity index (χ2n) is 7.77. The fraction of sp³-hybridized carbons (Fsp3) is 0.360. The van der Waals surface area contributed by atoms with Crippen molar-refractivity contribution in [2.24, 2.45) is 0 Å². The summed E-state index contributed by atoms with van der Waals surface area (Å²) in [7, 11) is 2.93. The first kappa shape index (κ1) is 23.2. The summed E-state index contributed by atoms with van der Waals surface area (Å²) in [5.41, 5.74) is 0.894. The molecule has 1 fully saturated rings. The zero-order chi connectivity index (χ0) is 23.4. The van der Waals surface area contributed by atoms with Crippen molar-refractivity contribution in [3.8, 4) is 17.2 Å². The Kier molecular flexibility index (Phi) is 7.08. The van der Waals surface area contributed by atoms with E-state index in [4.69, 9.17) is 14.2 Å². The number of hydrogen-bond acceptors (Lipinski definition) is 6. The third-order valence-electron chi connectivity index (χ3n) is 5.21. The van der Waals surface area contributed by atoms with Gasteiger partial charge in [-0.2, -0.15) is 0 Å². The molecule has 1 aliphatic rings. The number of methoxy groups -OCH3 is 2. The van der Waals surface area contributed by atoms with Gasteiger partial charge in [0.05, 0.1) is 31.9 Å². The predicted molar refractivity (Wildman–Crippen MR) is 121 cm³/mol. The summed E-state index contributed by atoms with van der Waals surface area (Å²) >= 11 is 0. The van der Waals surface area contributed by atoms with Gasteiger partial charge in [0.15, 0.2) is 0 Å². The van der Waals surface area contributed by atoms with Crippen LogP contribution in [0.1, 0.15) is 44.4 Å². The lowest BCUT2D eigenvalue weighted by molar-refractivity contribution is -0.139. The molecule has 2 aromatic rings. The number of ketones is 1. The molecule has 3 rings (SSSR count). The molecular weight excluding hydrogens is 410 g/mol. The normalized spacial score (nSPS) is 17.7. The van der Waals surface area contributed by atoms with Gasteiger partial charge in [0.25, 0.3) is 11.7 Å². The number of likely N-dealkylation sites (tertiary alicyclic amines) is 1. The monoisotopic (exact) mass is 439 g/mol. The minimum absolute atomic E-state index is 0.00653. The van der Waals surface area contributed by atoms with Crippen LogP contribution in [0.5, 0.6) is 17.2 Å². The van der Waals surface area contributed by atoms with Gasteiger partial charge in [-0.15, -0.1) is 0 Å². The predicted octanol–water partition coefficient (Wildman–Crippen LogP) is 4.32. The zero-order valence-electron chi connectivity index (χ0n) is 19.0. The Morgan fingerprint density at radius 2 is 1.69 bits per heavy atom. The maximum atomic E-state index is 13.1. The molecule has 2 aromatic carbocycles. The highest BCUT2D eigenvalue weighted by molar-refractivity contribution is 6.46. The molecule has 1 unspecified atom stereocenters. The summed E-state index contributed by atoms with van der Waals surface area (Å²) in [5, 5.41) is 11.4. The lowest BCUT2D eigenvalue weighted by Gasteiger charge is -2.25. The van der Waals surface area contributed by atoms with Crippen LogP contribution in [0.25, 0.3) is 5.76 Å². The first-order valence-electron chi connectivity index (χ1n) is 10.6. The minimum Gasteiger partial charge on any atom is -0.506 e. The molecule has 32 heavy (non-hydrogen) atoms. The number of Topliss-reactive ketones (excluding diaryl/α,β-unsaturated/α-hetero) is 1. The highest BCUT2D eigenvalue weighted by atomic mass is 16.5. The molecule has 0 aliphatic carbocycles. The topological polar surface area (TPSA) is 85.3 Å². The zero-order valence-corrected chi connectivity index (χ0v) is 19.0. The summed E-state index contributed by atoms with van der Waals surface area (Å²) < 4.78 is 16.6. The van der Waals surface area contributed by atoms with Crippen molar-refractivity contribution in [1.82, 2.24) is 4.90 Å². The minimum atomic E-state index is -0.764. The molecule has 1 atom stereocenters. The van der Waals surface area contributed by atoms with E-state index < -0.39 is 17.7 Å². The molecule has 0 saturated carbocycles. The quantitative estimate of drug-likeness (QED) is 0.375. The number of aliphatic hydroxyl groups is 1. The van der Waals surface area contributed by atoms with Crippen molar-refractivity contribution >= 4 is 17.4 Å². The summed E-state index contributed by atoms with van der Waals surface area (Å²) in [4.78, 5) is 27.6. The van der Waals surface area contributed by atoms with E-state index in [1.165, 1.54) is 19.1 Å². The van der Waals surface area contributed by atoms with Crippen molar-refractivity contribution < 1.29 is 28.9 Å². The van der Waals surface area contributed by atoms with Gasteiger partial charge in [0.2, 0.25) is 0 Å². The van der Waals surface area contributed by atoms with Gasteiger partial charge in [-0.3, -0.25) is 9.59 Å². The number of rotatable bonds is 8. The average molecular weight is 440 g/mol. The second-order valence-corrected chi connectivity index (χ2v) is 7.77. The maximum Gasteiger partial charge on any atom is 0.295 e. The highest BCUT2D eigenvalue weighted by Crippen LogP contribution is 2.43. The van der Waals surface area contributed by atoms with E-state index in [9.17, 15) is 14.7 Å². The van der Waals surface area contributed by atoms with Crippen LogP contribution in [0.2, 0.25) is 0 Å². The number of amides is 1. The van der Waals surface area contributed by atoms with Crippen LogP contribution in [0, 0.1) is 0 Å². The van der Waals surface area contributed by atoms with Crippen LogP contribution in [0.15, 0.2) is 48.0 Å². The van der Waals surface area contributed by atoms with Gasteiger partial charge in [0, 0.05) is 6.54 Å². The Morgan fingerprint density at radius 3 is 2.25 bits per heavy atom. The number of ether oxygens (including phenoxy) is 3. The fourth-order valence-electron chi connectivity index (χ4n) is 3.95. The summed E-state index contributed by atoms with van der Waals surface area (Å²) in [6.07, 6.45) is 0.620.